The minimum atomic E-state index is -2.15. The van der Waals surface area contributed by atoms with Gasteiger partial charge in [-0.05, 0) is 46.5 Å². The van der Waals surface area contributed by atoms with E-state index < -0.39 is 23.3 Å². The van der Waals surface area contributed by atoms with Crippen LogP contribution in [0, 0.1) is 0 Å². The summed E-state index contributed by atoms with van der Waals surface area (Å²) in [6.45, 7) is 5.26. The Kier molecular flexibility index (Phi) is 4.19. The van der Waals surface area contributed by atoms with Gasteiger partial charge < -0.3 is 15.2 Å². The van der Waals surface area contributed by atoms with Gasteiger partial charge in [0.1, 0.15) is 5.60 Å². The van der Waals surface area contributed by atoms with Crippen LogP contribution in [0.1, 0.15) is 46.5 Å². The first-order chi connectivity index (χ1) is 8.12. The van der Waals surface area contributed by atoms with Gasteiger partial charge in [0.15, 0.2) is 0 Å². The molecule has 18 heavy (non-hydrogen) atoms. The number of alkyl halides is 1. The van der Waals surface area contributed by atoms with Crippen molar-refractivity contribution in [3.63, 3.8) is 0 Å². The molecule has 0 radical (unpaired) electrons. The maximum atomic E-state index is 13.7. The molecule has 0 unspecified atom stereocenters. The summed E-state index contributed by atoms with van der Waals surface area (Å²) in [6, 6.07) is -0.219. The monoisotopic (exact) mass is 261 g/mol. The SMILES string of the molecule is CC(C)(C)OC(=O)N[C@H]1CC[C@](F)(C(=O)O)CC1. The number of halogens is 1. The van der Waals surface area contributed by atoms with E-state index in [1.165, 1.54) is 0 Å². The van der Waals surface area contributed by atoms with Gasteiger partial charge in [-0.15, -0.1) is 0 Å². The Hall–Kier alpha value is -1.33. The molecule has 6 heteroatoms. The molecular weight excluding hydrogens is 241 g/mol. The molecule has 2 N–H and O–H groups in total. The molecule has 1 aliphatic rings. The highest BCUT2D eigenvalue weighted by Gasteiger charge is 2.42. The van der Waals surface area contributed by atoms with Crippen LogP contribution in [0.3, 0.4) is 0 Å². The highest BCUT2D eigenvalue weighted by atomic mass is 19.1. The first-order valence-electron chi connectivity index (χ1n) is 6.04. The maximum absolute atomic E-state index is 13.7. The number of hydrogen-bond acceptors (Lipinski definition) is 3. The van der Waals surface area contributed by atoms with Gasteiger partial charge in [-0.3, -0.25) is 0 Å². The van der Waals surface area contributed by atoms with E-state index in [9.17, 15) is 14.0 Å². The third-order valence-corrected chi connectivity index (χ3v) is 2.88. The van der Waals surface area contributed by atoms with Crippen LogP contribution >= 0.6 is 0 Å². The van der Waals surface area contributed by atoms with Crippen LogP contribution < -0.4 is 5.32 Å². The predicted octanol–water partition coefficient (Wildman–Crippen LogP) is 2.25. The quantitative estimate of drug-likeness (QED) is 0.799. The molecule has 0 aromatic heterocycles. The van der Waals surface area contributed by atoms with Crippen molar-refractivity contribution in [1.82, 2.24) is 5.32 Å². The Morgan fingerprint density at radius 2 is 1.83 bits per heavy atom. The van der Waals surface area contributed by atoms with Crippen LogP contribution in [0.2, 0.25) is 0 Å². The van der Waals surface area contributed by atoms with E-state index in [1.54, 1.807) is 20.8 Å². The van der Waals surface area contributed by atoms with Crippen molar-refractivity contribution in [1.29, 1.82) is 0 Å². The molecule has 0 aromatic rings. The number of aliphatic carboxylic acids is 1. The molecular formula is C12H20FNO4. The van der Waals surface area contributed by atoms with E-state index >= 15 is 0 Å². The lowest BCUT2D eigenvalue weighted by molar-refractivity contribution is -0.153. The summed E-state index contributed by atoms with van der Waals surface area (Å²) in [7, 11) is 0. The second-order valence-corrected chi connectivity index (χ2v) is 5.69. The van der Waals surface area contributed by atoms with Gasteiger partial charge in [0.25, 0.3) is 0 Å². The lowest BCUT2D eigenvalue weighted by Crippen LogP contribution is -2.46. The molecule has 1 fully saturated rings. The zero-order valence-corrected chi connectivity index (χ0v) is 11.0. The number of carbonyl (C=O) groups excluding carboxylic acids is 1. The van der Waals surface area contributed by atoms with Crippen LogP contribution in [-0.4, -0.2) is 34.5 Å². The molecule has 0 aliphatic heterocycles. The van der Waals surface area contributed by atoms with E-state index in [1.807, 2.05) is 0 Å². The molecule has 0 spiro atoms. The minimum Gasteiger partial charge on any atom is -0.479 e. The van der Waals surface area contributed by atoms with Crippen LogP contribution in [0.5, 0.6) is 0 Å². The van der Waals surface area contributed by atoms with Crippen molar-refractivity contribution >= 4 is 12.1 Å². The van der Waals surface area contributed by atoms with Crippen LogP contribution in [-0.2, 0) is 9.53 Å². The largest absolute Gasteiger partial charge is 0.479 e. The average molecular weight is 261 g/mol. The van der Waals surface area contributed by atoms with Crippen molar-refractivity contribution in [2.75, 3.05) is 0 Å². The van der Waals surface area contributed by atoms with Crippen LogP contribution in [0.4, 0.5) is 9.18 Å². The molecule has 0 saturated heterocycles. The van der Waals surface area contributed by atoms with Gasteiger partial charge in [-0.25, -0.2) is 14.0 Å². The predicted molar refractivity (Wildman–Crippen MR) is 63.1 cm³/mol. The number of ether oxygens (including phenoxy) is 1. The van der Waals surface area contributed by atoms with Gasteiger partial charge in [-0.2, -0.15) is 0 Å². The van der Waals surface area contributed by atoms with E-state index in [2.05, 4.69) is 5.32 Å². The summed E-state index contributed by atoms with van der Waals surface area (Å²) >= 11 is 0. The number of nitrogens with one attached hydrogen (secondary N) is 1. The fourth-order valence-corrected chi connectivity index (χ4v) is 1.91. The molecule has 1 amide bonds. The Labute approximate surface area is 106 Å². The molecule has 0 heterocycles. The zero-order chi connectivity index (χ0) is 14.0. The number of carboxylic acid groups (broad SMARTS) is 1. The zero-order valence-electron chi connectivity index (χ0n) is 11.0. The van der Waals surface area contributed by atoms with Gasteiger partial charge in [0, 0.05) is 6.04 Å². The van der Waals surface area contributed by atoms with Crippen molar-refractivity contribution in [3.05, 3.63) is 0 Å². The number of hydrogen-bond donors (Lipinski definition) is 2. The third kappa shape index (κ3) is 4.16. The van der Waals surface area contributed by atoms with Gasteiger partial charge in [-0.1, -0.05) is 0 Å². The number of rotatable bonds is 2. The lowest BCUT2D eigenvalue weighted by atomic mass is 9.83. The fraction of sp³-hybridized carbons (Fsp3) is 0.833. The summed E-state index contributed by atoms with van der Waals surface area (Å²) in [4.78, 5) is 22.2. The lowest BCUT2D eigenvalue weighted by Gasteiger charge is -2.31. The Morgan fingerprint density at radius 1 is 1.33 bits per heavy atom. The first kappa shape index (κ1) is 14.7. The Balaban J connectivity index is 2.41. The van der Waals surface area contributed by atoms with E-state index in [4.69, 9.17) is 9.84 Å². The normalized spacial score (nSPS) is 28.6. The maximum Gasteiger partial charge on any atom is 0.407 e. The second kappa shape index (κ2) is 5.12. The number of carboxylic acids is 1. The van der Waals surface area contributed by atoms with E-state index in [-0.39, 0.29) is 18.9 Å². The van der Waals surface area contributed by atoms with Gasteiger partial charge in [0.05, 0.1) is 0 Å². The molecule has 104 valence electrons. The summed E-state index contributed by atoms with van der Waals surface area (Å²) in [5.41, 5.74) is -2.73. The highest BCUT2D eigenvalue weighted by molar-refractivity contribution is 5.77. The van der Waals surface area contributed by atoms with E-state index in [0.717, 1.165) is 0 Å². The van der Waals surface area contributed by atoms with Crippen molar-refractivity contribution in [3.8, 4) is 0 Å². The number of amides is 1. The first-order valence-corrected chi connectivity index (χ1v) is 6.04. The third-order valence-electron chi connectivity index (χ3n) is 2.88. The number of carbonyl (C=O) groups is 2. The van der Waals surface area contributed by atoms with Crippen molar-refractivity contribution in [2.24, 2.45) is 0 Å². The fourth-order valence-electron chi connectivity index (χ4n) is 1.91. The molecule has 1 saturated carbocycles. The topological polar surface area (TPSA) is 75.6 Å². The molecule has 1 aliphatic carbocycles. The van der Waals surface area contributed by atoms with E-state index in [0.29, 0.717) is 12.8 Å². The summed E-state index contributed by atoms with van der Waals surface area (Å²) < 4.78 is 18.8. The van der Waals surface area contributed by atoms with Crippen LogP contribution in [0.15, 0.2) is 0 Å². The molecule has 0 bridgehead atoms. The molecule has 5 nitrogen and oxygen atoms in total. The standard InChI is InChI=1S/C12H20FNO4/c1-11(2,3)18-10(17)14-8-4-6-12(13,7-5-8)9(15)16/h8H,4-7H2,1-3H3,(H,14,17)(H,15,16)/t8-,12+. The van der Waals surface area contributed by atoms with Crippen molar-refractivity contribution in [2.45, 2.75) is 63.8 Å². The summed E-state index contributed by atoms with van der Waals surface area (Å²) in [5, 5.41) is 11.4. The number of alkyl carbamates (subject to hydrolysis) is 1. The van der Waals surface area contributed by atoms with Crippen LogP contribution in [0.25, 0.3) is 0 Å². The average Bonchev–Trinajstić information content (AvgIpc) is 2.18. The summed E-state index contributed by atoms with van der Waals surface area (Å²) in [5.74, 6) is -1.42. The minimum absolute atomic E-state index is 0.0806. The van der Waals surface area contributed by atoms with Crippen molar-refractivity contribution < 1.29 is 23.8 Å². The Morgan fingerprint density at radius 3 is 2.22 bits per heavy atom. The van der Waals surface area contributed by atoms with Gasteiger partial charge >= 0.3 is 12.1 Å². The smallest absolute Gasteiger partial charge is 0.407 e. The Bertz CT molecular complexity index is 329. The molecule has 0 aromatic carbocycles. The second-order valence-electron chi connectivity index (χ2n) is 5.69. The highest BCUT2D eigenvalue weighted by Crippen LogP contribution is 2.32. The summed E-state index contributed by atoms with van der Waals surface area (Å²) in [6.07, 6.45) is -0.0930. The van der Waals surface area contributed by atoms with Gasteiger partial charge in [0.2, 0.25) is 5.67 Å². The molecule has 0 atom stereocenters. The molecule has 1 rings (SSSR count).